The third-order valence-corrected chi connectivity index (χ3v) is 3.68. The van der Waals surface area contributed by atoms with Gasteiger partial charge in [0, 0.05) is 29.7 Å². The van der Waals surface area contributed by atoms with Crippen molar-refractivity contribution < 1.29 is 0 Å². The molecule has 0 aliphatic heterocycles. The fourth-order valence-electron chi connectivity index (χ4n) is 2.10. The summed E-state index contributed by atoms with van der Waals surface area (Å²) in [5.74, 6) is 0. The minimum absolute atomic E-state index is 0.00938. The predicted octanol–water partition coefficient (Wildman–Crippen LogP) is 0.797. The molecule has 1 aliphatic carbocycles. The Bertz CT molecular complexity index is 365. The molecule has 0 unspecified atom stereocenters. The molecule has 0 radical (unpaired) electrons. The Morgan fingerprint density at radius 1 is 1.53 bits per heavy atom. The molecule has 1 heterocycles. The van der Waals surface area contributed by atoms with Gasteiger partial charge in [0.15, 0.2) is 0 Å². The number of nitrogens with one attached hydrogen (secondary N) is 2. The summed E-state index contributed by atoms with van der Waals surface area (Å²) >= 11 is 1.20. The Labute approximate surface area is 92.9 Å². The van der Waals surface area contributed by atoms with Gasteiger partial charge < -0.3 is 16.0 Å². The topological polar surface area (TPSA) is 70.9 Å². The van der Waals surface area contributed by atoms with Crippen molar-refractivity contribution in [2.24, 2.45) is 5.73 Å². The summed E-state index contributed by atoms with van der Waals surface area (Å²) in [6.07, 6.45) is 4.71. The van der Waals surface area contributed by atoms with E-state index in [1.54, 1.807) is 0 Å². The molecule has 1 aromatic rings. The highest BCUT2D eigenvalue weighted by molar-refractivity contribution is 7.07. The van der Waals surface area contributed by atoms with E-state index in [0.717, 1.165) is 25.1 Å². The summed E-state index contributed by atoms with van der Waals surface area (Å²) in [7, 11) is 0. The second-order valence-corrected chi connectivity index (χ2v) is 5.19. The Balaban J connectivity index is 1.77. The molecule has 1 saturated carbocycles. The molecule has 15 heavy (non-hydrogen) atoms. The number of rotatable bonds is 4. The van der Waals surface area contributed by atoms with Crippen LogP contribution in [0.2, 0.25) is 0 Å². The van der Waals surface area contributed by atoms with E-state index in [-0.39, 0.29) is 10.4 Å². The van der Waals surface area contributed by atoms with Crippen molar-refractivity contribution >= 4 is 11.3 Å². The number of nitrogens with two attached hydrogens (primary N) is 1. The normalized spacial score (nSPS) is 19.5. The number of aromatic amines is 1. The van der Waals surface area contributed by atoms with Gasteiger partial charge in [-0.15, -0.1) is 0 Å². The second-order valence-electron chi connectivity index (χ2n) is 4.35. The Kier molecular flexibility index (Phi) is 3.23. The number of hydrogen-bond donors (Lipinski definition) is 3. The van der Waals surface area contributed by atoms with Gasteiger partial charge in [0.25, 0.3) is 0 Å². The molecule has 1 fully saturated rings. The van der Waals surface area contributed by atoms with Crippen LogP contribution in [-0.4, -0.2) is 17.1 Å². The minimum atomic E-state index is -0.0175. The van der Waals surface area contributed by atoms with E-state index in [2.05, 4.69) is 10.3 Å². The standard InChI is InChI=1S/C10H17N3OS/c11-10(3-1-2-4-10)7-12-5-8-6-15-9(14)13-8/h6,12H,1-5,7,11H2,(H,13,14). The van der Waals surface area contributed by atoms with Crippen LogP contribution < -0.4 is 15.9 Å². The van der Waals surface area contributed by atoms with Gasteiger partial charge in [-0.05, 0) is 12.8 Å². The summed E-state index contributed by atoms with van der Waals surface area (Å²) < 4.78 is 0. The zero-order valence-electron chi connectivity index (χ0n) is 8.71. The zero-order valence-corrected chi connectivity index (χ0v) is 9.53. The van der Waals surface area contributed by atoms with Crippen molar-refractivity contribution in [1.82, 2.24) is 10.3 Å². The number of hydrogen-bond acceptors (Lipinski definition) is 4. The molecular weight excluding hydrogens is 210 g/mol. The molecule has 1 aromatic heterocycles. The van der Waals surface area contributed by atoms with Crippen molar-refractivity contribution in [3.05, 3.63) is 20.7 Å². The zero-order chi connectivity index (χ0) is 10.7. The first-order chi connectivity index (χ1) is 7.18. The Morgan fingerprint density at radius 2 is 2.27 bits per heavy atom. The molecule has 4 nitrogen and oxygen atoms in total. The molecule has 0 atom stereocenters. The summed E-state index contributed by atoms with van der Waals surface area (Å²) in [5, 5.41) is 5.16. The van der Waals surface area contributed by atoms with Crippen molar-refractivity contribution in [3.8, 4) is 0 Å². The van der Waals surface area contributed by atoms with Gasteiger partial charge in [-0.1, -0.05) is 24.2 Å². The third-order valence-electron chi connectivity index (χ3n) is 2.96. The second kappa shape index (κ2) is 4.47. The monoisotopic (exact) mass is 227 g/mol. The van der Waals surface area contributed by atoms with E-state index in [4.69, 9.17) is 5.73 Å². The Morgan fingerprint density at radius 3 is 2.87 bits per heavy atom. The minimum Gasteiger partial charge on any atom is -0.324 e. The first-order valence-corrected chi connectivity index (χ1v) is 6.22. The molecule has 0 amide bonds. The molecule has 4 N–H and O–H groups in total. The van der Waals surface area contributed by atoms with Crippen molar-refractivity contribution in [2.75, 3.05) is 6.54 Å². The lowest BCUT2D eigenvalue weighted by atomic mass is 9.99. The average Bonchev–Trinajstić information content (AvgIpc) is 2.76. The average molecular weight is 227 g/mol. The maximum Gasteiger partial charge on any atom is 0.304 e. The van der Waals surface area contributed by atoms with E-state index < -0.39 is 0 Å². The number of thiazole rings is 1. The van der Waals surface area contributed by atoms with Gasteiger partial charge >= 0.3 is 4.87 Å². The fourth-order valence-corrected chi connectivity index (χ4v) is 2.68. The van der Waals surface area contributed by atoms with E-state index in [9.17, 15) is 4.79 Å². The van der Waals surface area contributed by atoms with Crippen molar-refractivity contribution in [2.45, 2.75) is 37.8 Å². The maximum absolute atomic E-state index is 10.9. The molecule has 0 aromatic carbocycles. The lowest BCUT2D eigenvalue weighted by molar-refractivity contribution is 0.403. The molecular formula is C10H17N3OS. The van der Waals surface area contributed by atoms with Crippen LogP contribution in [0.15, 0.2) is 10.2 Å². The van der Waals surface area contributed by atoms with Crippen LogP contribution in [0.25, 0.3) is 0 Å². The van der Waals surface area contributed by atoms with Gasteiger partial charge in [0.05, 0.1) is 0 Å². The molecule has 0 spiro atoms. The van der Waals surface area contributed by atoms with E-state index in [1.165, 1.54) is 24.2 Å². The summed E-state index contributed by atoms with van der Waals surface area (Å²) in [6, 6.07) is 0. The largest absolute Gasteiger partial charge is 0.324 e. The summed E-state index contributed by atoms with van der Waals surface area (Å²) in [4.78, 5) is 13.7. The van der Waals surface area contributed by atoms with Gasteiger partial charge in [-0.25, -0.2) is 0 Å². The molecule has 2 rings (SSSR count). The molecule has 0 bridgehead atoms. The van der Waals surface area contributed by atoms with E-state index in [0.29, 0.717) is 6.54 Å². The van der Waals surface area contributed by atoms with Crippen LogP contribution in [0.4, 0.5) is 0 Å². The smallest absolute Gasteiger partial charge is 0.304 e. The van der Waals surface area contributed by atoms with Crippen LogP contribution in [0.1, 0.15) is 31.4 Å². The van der Waals surface area contributed by atoms with Crippen LogP contribution in [0.5, 0.6) is 0 Å². The molecule has 1 aliphatic rings. The van der Waals surface area contributed by atoms with Crippen LogP contribution in [-0.2, 0) is 6.54 Å². The highest BCUT2D eigenvalue weighted by atomic mass is 32.1. The number of H-pyrrole nitrogens is 1. The van der Waals surface area contributed by atoms with Gasteiger partial charge in [-0.3, -0.25) is 4.79 Å². The molecule has 5 heteroatoms. The van der Waals surface area contributed by atoms with Crippen LogP contribution in [0.3, 0.4) is 0 Å². The van der Waals surface area contributed by atoms with Gasteiger partial charge in [0.1, 0.15) is 0 Å². The fraction of sp³-hybridized carbons (Fsp3) is 0.700. The number of aromatic nitrogens is 1. The SMILES string of the molecule is NC1(CNCc2csc(=O)[nH]2)CCCC1. The van der Waals surface area contributed by atoms with E-state index in [1.807, 2.05) is 5.38 Å². The molecule has 0 saturated heterocycles. The van der Waals surface area contributed by atoms with Crippen molar-refractivity contribution in [1.29, 1.82) is 0 Å². The highest BCUT2D eigenvalue weighted by Crippen LogP contribution is 2.26. The third kappa shape index (κ3) is 2.90. The lowest BCUT2D eigenvalue weighted by Crippen LogP contribution is -2.46. The predicted molar refractivity (Wildman–Crippen MR) is 62.0 cm³/mol. The molecule has 84 valence electrons. The summed E-state index contributed by atoms with van der Waals surface area (Å²) in [6.45, 7) is 1.54. The first-order valence-electron chi connectivity index (χ1n) is 5.34. The van der Waals surface area contributed by atoms with Gasteiger partial charge in [0.2, 0.25) is 0 Å². The summed E-state index contributed by atoms with van der Waals surface area (Å²) in [5.41, 5.74) is 7.13. The van der Waals surface area contributed by atoms with Crippen LogP contribution >= 0.6 is 11.3 Å². The quantitative estimate of drug-likeness (QED) is 0.712. The highest BCUT2D eigenvalue weighted by Gasteiger charge is 2.28. The first kappa shape index (κ1) is 10.9. The Hall–Kier alpha value is -0.650. The van der Waals surface area contributed by atoms with Crippen LogP contribution in [0, 0.1) is 0 Å². The lowest BCUT2D eigenvalue weighted by Gasteiger charge is -2.23. The van der Waals surface area contributed by atoms with Crippen molar-refractivity contribution in [3.63, 3.8) is 0 Å². The van der Waals surface area contributed by atoms with Gasteiger partial charge in [-0.2, -0.15) is 0 Å². The maximum atomic E-state index is 10.9. The van der Waals surface area contributed by atoms with E-state index >= 15 is 0 Å².